The molecule has 1 aliphatic carbocycles. The van der Waals surface area contributed by atoms with Gasteiger partial charge in [0.15, 0.2) is 0 Å². The predicted octanol–water partition coefficient (Wildman–Crippen LogP) is 4.45. The molecule has 4 rings (SSSR count). The van der Waals surface area contributed by atoms with Crippen LogP contribution in [-0.4, -0.2) is 35.2 Å². The molecule has 3 nitrogen and oxygen atoms in total. The highest BCUT2D eigenvalue weighted by atomic mass is 16.3. The monoisotopic (exact) mass is 363 g/mol. The summed E-state index contributed by atoms with van der Waals surface area (Å²) in [6, 6.07) is 15.3. The molecule has 142 valence electrons. The van der Waals surface area contributed by atoms with E-state index in [1.807, 2.05) is 0 Å². The zero-order chi connectivity index (χ0) is 19.1. The average Bonchev–Trinajstić information content (AvgIpc) is 3.24. The van der Waals surface area contributed by atoms with Crippen LogP contribution in [0.25, 0.3) is 0 Å². The first-order valence-corrected chi connectivity index (χ1v) is 10.2. The van der Waals surface area contributed by atoms with Crippen LogP contribution in [0.15, 0.2) is 42.5 Å². The number of aliphatic hydroxyl groups excluding tert-OH is 1. The van der Waals surface area contributed by atoms with Gasteiger partial charge in [0.25, 0.3) is 0 Å². The minimum absolute atomic E-state index is 0.0694. The van der Waals surface area contributed by atoms with Crippen LogP contribution >= 0.6 is 0 Å². The zero-order valence-electron chi connectivity index (χ0n) is 16.9. The fourth-order valence-electron chi connectivity index (χ4n) is 4.69. The number of anilines is 1. The molecule has 1 heterocycles. The first-order valence-electron chi connectivity index (χ1n) is 10.2. The van der Waals surface area contributed by atoms with E-state index in [2.05, 4.69) is 86.0 Å². The molecule has 0 radical (unpaired) electrons. The van der Waals surface area contributed by atoms with Gasteiger partial charge in [-0.1, -0.05) is 70.2 Å². The number of hydrogen-bond acceptors (Lipinski definition) is 2. The molecule has 1 N–H and O–H groups in total. The van der Waals surface area contributed by atoms with Gasteiger partial charge in [0.05, 0.1) is 0 Å². The van der Waals surface area contributed by atoms with Gasteiger partial charge in [-0.25, -0.2) is 4.90 Å². The lowest BCUT2D eigenvalue weighted by molar-refractivity contribution is -0.568. The van der Waals surface area contributed by atoms with Gasteiger partial charge < -0.3 is 5.11 Å². The molecule has 2 atom stereocenters. The number of aliphatic hydroxyl groups is 1. The maximum atomic E-state index is 10.7. The highest BCUT2D eigenvalue weighted by Gasteiger charge is 2.39. The molecule has 1 aliphatic heterocycles. The Hall–Kier alpha value is -2.13. The lowest BCUT2D eigenvalue weighted by Crippen LogP contribution is -2.26. The first kappa shape index (κ1) is 18.2. The average molecular weight is 364 g/mol. The van der Waals surface area contributed by atoms with Crippen molar-refractivity contribution in [3.63, 3.8) is 0 Å². The van der Waals surface area contributed by atoms with Crippen LogP contribution in [0.5, 0.6) is 0 Å². The van der Waals surface area contributed by atoms with E-state index in [4.69, 9.17) is 0 Å². The zero-order valence-corrected chi connectivity index (χ0v) is 16.9. The largest absolute Gasteiger partial charge is 0.388 e. The van der Waals surface area contributed by atoms with Gasteiger partial charge in [-0.2, -0.15) is 0 Å². The summed E-state index contributed by atoms with van der Waals surface area (Å²) in [5, 5.41) is 10.7. The molecule has 2 aromatic rings. The van der Waals surface area contributed by atoms with Crippen molar-refractivity contribution in [3.05, 3.63) is 64.7 Å². The van der Waals surface area contributed by atoms with Crippen LogP contribution < -0.4 is 4.90 Å². The molecule has 0 spiro atoms. The fraction of sp³-hybridized carbons (Fsp3) is 0.458. The van der Waals surface area contributed by atoms with E-state index >= 15 is 0 Å². The number of rotatable bonds is 4. The third kappa shape index (κ3) is 3.19. The van der Waals surface area contributed by atoms with Crippen LogP contribution in [0.2, 0.25) is 0 Å². The van der Waals surface area contributed by atoms with Crippen LogP contribution in [-0.2, 0) is 6.42 Å². The van der Waals surface area contributed by atoms with E-state index < -0.39 is 0 Å². The van der Waals surface area contributed by atoms with Gasteiger partial charge in [0, 0.05) is 23.1 Å². The standard InChI is InChI=1S/C24H31N2O/c1-16(2)19-10-7-11-20(17(3)4)23(19)25-12-13-26(15-25)24-21-9-6-5-8-18(21)14-22(24)27/h5-11,15-17,22,24,27H,12-14H2,1-4H3/q+1/t22-,24+/m1/s1. The van der Waals surface area contributed by atoms with Gasteiger partial charge in [0.1, 0.15) is 30.9 Å². The summed E-state index contributed by atoms with van der Waals surface area (Å²) in [6.07, 6.45) is 2.68. The Morgan fingerprint density at radius 3 is 2.30 bits per heavy atom. The number of para-hydroxylation sites is 1. The Balaban J connectivity index is 1.74. The third-order valence-electron chi connectivity index (χ3n) is 6.04. The van der Waals surface area contributed by atoms with Crippen molar-refractivity contribution in [1.82, 2.24) is 0 Å². The molecule has 0 saturated heterocycles. The number of hydrogen-bond donors (Lipinski definition) is 1. The van der Waals surface area contributed by atoms with Crippen molar-refractivity contribution in [1.29, 1.82) is 0 Å². The van der Waals surface area contributed by atoms with Crippen molar-refractivity contribution in [3.8, 4) is 0 Å². The number of fused-ring (bicyclic) bond motifs is 1. The molecule has 0 unspecified atom stereocenters. The molecule has 3 heteroatoms. The van der Waals surface area contributed by atoms with Crippen molar-refractivity contribution in [2.24, 2.45) is 0 Å². The molecule has 0 bridgehead atoms. The summed E-state index contributed by atoms with van der Waals surface area (Å²) in [5.74, 6) is 0.970. The normalized spacial score (nSPS) is 21.9. The molecule has 0 amide bonds. The highest BCUT2D eigenvalue weighted by Crippen LogP contribution is 2.38. The Bertz CT molecular complexity index is 842. The molecule has 0 saturated carbocycles. The lowest BCUT2D eigenvalue weighted by Gasteiger charge is -2.20. The van der Waals surface area contributed by atoms with Gasteiger partial charge >= 0.3 is 0 Å². The molecule has 2 aromatic carbocycles. The summed E-state index contributed by atoms with van der Waals surface area (Å²) in [4.78, 5) is 2.42. The van der Waals surface area contributed by atoms with Gasteiger partial charge in [0.2, 0.25) is 6.34 Å². The molecular formula is C24H31N2O+. The van der Waals surface area contributed by atoms with Crippen LogP contribution in [0, 0.1) is 0 Å². The second-order valence-corrected chi connectivity index (χ2v) is 8.56. The maximum Gasteiger partial charge on any atom is 0.240 e. The summed E-state index contributed by atoms with van der Waals surface area (Å²) < 4.78 is 2.34. The Kier molecular flexibility index (Phi) is 4.81. The van der Waals surface area contributed by atoms with Crippen molar-refractivity contribution >= 4 is 12.0 Å². The minimum Gasteiger partial charge on any atom is -0.388 e. The van der Waals surface area contributed by atoms with Crippen LogP contribution in [0.1, 0.15) is 67.8 Å². The third-order valence-corrected chi connectivity index (χ3v) is 6.04. The Labute approximate surface area is 163 Å². The summed E-state index contributed by atoms with van der Waals surface area (Å²) in [6.45, 7) is 11.0. The lowest BCUT2D eigenvalue weighted by atomic mass is 9.92. The van der Waals surface area contributed by atoms with Gasteiger partial charge in [-0.3, -0.25) is 4.58 Å². The van der Waals surface area contributed by atoms with Crippen molar-refractivity contribution in [2.45, 2.75) is 58.1 Å². The topological polar surface area (TPSA) is 26.5 Å². The number of benzene rings is 2. The van der Waals surface area contributed by atoms with Gasteiger partial charge in [-0.05, 0) is 17.4 Å². The van der Waals surface area contributed by atoms with Gasteiger partial charge in [-0.15, -0.1) is 0 Å². The molecular weight excluding hydrogens is 332 g/mol. The summed E-state index contributed by atoms with van der Waals surface area (Å²) >= 11 is 0. The maximum absolute atomic E-state index is 10.7. The summed E-state index contributed by atoms with van der Waals surface area (Å²) in [5.41, 5.74) is 6.75. The quantitative estimate of drug-likeness (QED) is 0.812. The smallest absolute Gasteiger partial charge is 0.240 e. The van der Waals surface area contributed by atoms with Crippen LogP contribution in [0.3, 0.4) is 0 Å². The van der Waals surface area contributed by atoms with Crippen LogP contribution in [0.4, 0.5) is 5.69 Å². The Morgan fingerprint density at radius 1 is 0.963 bits per heavy atom. The number of nitrogens with zero attached hydrogens (tertiary/aromatic N) is 2. The highest BCUT2D eigenvalue weighted by molar-refractivity contribution is 5.81. The first-order chi connectivity index (χ1) is 13.0. The van der Waals surface area contributed by atoms with E-state index in [0.29, 0.717) is 11.8 Å². The predicted molar refractivity (Wildman–Crippen MR) is 112 cm³/mol. The Morgan fingerprint density at radius 2 is 1.63 bits per heavy atom. The molecule has 2 aliphatic rings. The van der Waals surface area contributed by atoms with E-state index in [1.165, 1.54) is 27.9 Å². The molecule has 0 aromatic heterocycles. The molecule has 0 fully saturated rings. The van der Waals surface area contributed by atoms with E-state index in [9.17, 15) is 5.11 Å². The van der Waals surface area contributed by atoms with Crippen molar-refractivity contribution < 1.29 is 9.68 Å². The minimum atomic E-state index is -0.330. The SMILES string of the molecule is CC(C)c1cccc(C(C)C)c1N1C=[N+]([C@H]2c3ccccc3C[C@H]2O)CC1. The molecule has 27 heavy (non-hydrogen) atoms. The second kappa shape index (κ2) is 7.12. The second-order valence-electron chi connectivity index (χ2n) is 8.56. The van der Waals surface area contributed by atoms with Crippen molar-refractivity contribution in [2.75, 3.05) is 18.0 Å². The summed E-state index contributed by atoms with van der Waals surface area (Å²) in [7, 11) is 0. The fourth-order valence-corrected chi connectivity index (χ4v) is 4.69. The van der Waals surface area contributed by atoms with E-state index in [1.54, 1.807) is 0 Å². The van der Waals surface area contributed by atoms with E-state index in [-0.39, 0.29) is 12.1 Å². The van der Waals surface area contributed by atoms with E-state index in [0.717, 1.165) is 19.5 Å².